The molecule has 2 aromatic rings. The van der Waals surface area contributed by atoms with E-state index in [0.717, 1.165) is 16.7 Å². The molecule has 0 aromatic heterocycles. The van der Waals surface area contributed by atoms with Gasteiger partial charge >= 0.3 is 0 Å². The van der Waals surface area contributed by atoms with E-state index in [1.807, 2.05) is 38.1 Å². The highest BCUT2D eigenvalue weighted by Gasteiger charge is 2.26. The predicted molar refractivity (Wildman–Crippen MR) is 110 cm³/mol. The lowest BCUT2D eigenvalue weighted by Gasteiger charge is -2.29. The van der Waals surface area contributed by atoms with Gasteiger partial charge in [0, 0.05) is 23.1 Å². The van der Waals surface area contributed by atoms with Crippen molar-refractivity contribution in [2.75, 3.05) is 6.54 Å². The minimum absolute atomic E-state index is 0.130. The summed E-state index contributed by atoms with van der Waals surface area (Å²) in [6.07, 6.45) is 0.224. The second-order valence-electron chi connectivity index (χ2n) is 6.43. The summed E-state index contributed by atoms with van der Waals surface area (Å²) in [4.78, 5) is 27.0. The van der Waals surface area contributed by atoms with Gasteiger partial charge in [0.1, 0.15) is 6.04 Å². The molecule has 0 spiro atoms. The SMILES string of the molecule is CCNC(=O)[C@@H](C)N(Cc1ccc(Cl)cc1Cl)C(=O)Cc1ccccc1C. The van der Waals surface area contributed by atoms with Crippen molar-refractivity contribution in [3.63, 3.8) is 0 Å². The quantitative estimate of drug-likeness (QED) is 0.740. The molecule has 2 amide bonds. The van der Waals surface area contributed by atoms with Crippen LogP contribution >= 0.6 is 23.2 Å². The van der Waals surface area contributed by atoms with Crippen molar-refractivity contribution in [2.24, 2.45) is 0 Å². The van der Waals surface area contributed by atoms with Gasteiger partial charge in [0.05, 0.1) is 6.42 Å². The lowest BCUT2D eigenvalue weighted by Crippen LogP contribution is -2.48. The molecule has 0 fully saturated rings. The van der Waals surface area contributed by atoms with Crippen LogP contribution in [0.3, 0.4) is 0 Å². The summed E-state index contributed by atoms with van der Waals surface area (Å²) in [5.41, 5.74) is 2.73. The van der Waals surface area contributed by atoms with Gasteiger partial charge in [-0.05, 0) is 49.6 Å². The van der Waals surface area contributed by atoms with Gasteiger partial charge in [0.15, 0.2) is 0 Å². The molecule has 2 aromatic carbocycles. The van der Waals surface area contributed by atoms with Crippen molar-refractivity contribution in [1.82, 2.24) is 10.2 Å². The lowest BCUT2D eigenvalue weighted by atomic mass is 10.0. The van der Waals surface area contributed by atoms with E-state index in [1.165, 1.54) is 0 Å². The van der Waals surface area contributed by atoms with Crippen molar-refractivity contribution in [3.05, 3.63) is 69.2 Å². The van der Waals surface area contributed by atoms with Crippen LogP contribution < -0.4 is 5.32 Å². The summed E-state index contributed by atoms with van der Waals surface area (Å²) in [5, 5.41) is 3.78. The van der Waals surface area contributed by atoms with E-state index >= 15 is 0 Å². The van der Waals surface area contributed by atoms with Gasteiger partial charge in [-0.1, -0.05) is 53.5 Å². The van der Waals surface area contributed by atoms with Crippen LogP contribution in [0.1, 0.15) is 30.5 Å². The van der Waals surface area contributed by atoms with Crippen LogP contribution in [-0.4, -0.2) is 29.3 Å². The molecule has 0 aliphatic carbocycles. The minimum Gasteiger partial charge on any atom is -0.355 e. The maximum atomic E-state index is 13.1. The molecule has 0 saturated heterocycles. The molecular formula is C21H24Cl2N2O2. The van der Waals surface area contributed by atoms with Gasteiger partial charge in [0.25, 0.3) is 0 Å². The zero-order valence-electron chi connectivity index (χ0n) is 15.8. The molecule has 0 saturated carbocycles. The van der Waals surface area contributed by atoms with E-state index in [0.29, 0.717) is 16.6 Å². The Labute approximate surface area is 170 Å². The average Bonchev–Trinajstić information content (AvgIpc) is 2.62. The number of nitrogens with one attached hydrogen (secondary N) is 1. The van der Waals surface area contributed by atoms with Crippen LogP contribution in [0.4, 0.5) is 0 Å². The van der Waals surface area contributed by atoms with Crippen LogP contribution in [0, 0.1) is 6.92 Å². The van der Waals surface area contributed by atoms with E-state index in [9.17, 15) is 9.59 Å². The van der Waals surface area contributed by atoms with Crippen molar-refractivity contribution in [1.29, 1.82) is 0 Å². The normalized spacial score (nSPS) is 11.7. The summed E-state index contributed by atoms with van der Waals surface area (Å²) in [5.74, 6) is -0.324. The Morgan fingerprint density at radius 2 is 1.81 bits per heavy atom. The molecule has 0 aliphatic rings. The highest BCUT2D eigenvalue weighted by atomic mass is 35.5. The highest BCUT2D eigenvalue weighted by Crippen LogP contribution is 2.23. The number of likely N-dealkylation sites (N-methyl/N-ethyl adjacent to an activating group) is 1. The minimum atomic E-state index is -0.617. The Balaban J connectivity index is 2.29. The number of hydrogen-bond donors (Lipinski definition) is 1. The maximum absolute atomic E-state index is 13.1. The van der Waals surface area contributed by atoms with E-state index in [1.54, 1.807) is 30.0 Å². The summed E-state index contributed by atoms with van der Waals surface area (Å²) >= 11 is 12.3. The molecule has 0 bridgehead atoms. The fourth-order valence-electron chi connectivity index (χ4n) is 2.81. The summed E-state index contributed by atoms with van der Waals surface area (Å²) in [6.45, 7) is 6.28. The van der Waals surface area contributed by atoms with Gasteiger partial charge in [-0.15, -0.1) is 0 Å². The molecular weight excluding hydrogens is 383 g/mol. The number of carbonyl (C=O) groups excluding carboxylic acids is 2. The monoisotopic (exact) mass is 406 g/mol. The summed E-state index contributed by atoms with van der Waals surface area (Å²) < 4.78 is 0. The first-order chi connectivity index (χ1) is 12.8. The van der Waals surface area contributed by atoms with E-state index < -0.39 is 6.04 Å². The van der Waals surface area contributed by atoms with E-state index in [4.69, 9.17) is 23.2 Å². The van der Waals surface area contributed by atoms with Crippen LogP contribution in [0.25, 0.3) is 0 Å². The fraction of sp³-hybridized carbons (Fsp3) is 0.333. The van der Waals surface area contributed by atoms with Gasteiger partial charge < -0.3 is 10.2 Å². The number of benzene rings is 2. The van der Waals surface area contributed by atoms with Gasteiger partial charge in [-0.25, -0.2) is 0 Å². The number of carbonyl (C=O) groups is 2. The third kappa shape index (κ3) is 5.72. The van der Waals surface area contributed by atoms with Crippen molar-refractivity contribution >= 4 is 35.0 Å². The first kappa shape index (κ1) is 21.3. The number of rotatable bonds is 7. The molecule has 2 rings (SSSR count). The molecule has 4 nitrogen and oxygen atoms in total. The molecule has 0 unspecified atom stereocenters. The highest BCUT2D eigenvalue weighted by molar-refractivity contribution is 6.35. The predicted octanol–water partition coefficient (Wildman–Crippen LogP) is 4.40. The molecule has 1 atom stereocenters. The Bertz CT molecular complexity index is 824. The lowest BCUT2D eigenvalue weighted by molar-refractivity contribution is -0.140. The number of hydrogen-bond acceptors (Lipinski definition) is 2. The Morgan fingerprint density at radius 3 is 2.44 bits per heavy atom. The first-order valence-electron chi connectivity index (χ1n) is 8.89. The van der Waals surface area contributed by atoms with Crippen LogP contribution in [0.2, 0.25) is 10.0 Å². The van der Waals surface area contributed by atoms with Gasteiger partial charge in [-0.3, -0.25) is 9.59 Å². The number of halogens is 2. The molecule has 0 aliphatic heterocycles. The van der Waals surface area contributed by atoms with Gasteiger partial charge in [0.2, 0.25) is 11.8 Å². The third-order valence-corrected chi connectivity index (χ3v) is 5.06. The first-order valence-corrected chi connectivity index (χ1v) is 9.64. The summed E-state index contributed by atoms with van der Waals surface area (Å²) in [7, 11) is 0. The molecule has 0 radical (unpaired) electrons. The third-order valence-electron chi connectivity index (χ3n) is 4.48. The Hall–Kier alpha value is -2.04. The summed E-state index contributed by atoms with van der Waals surface area (Å²) in [6, 6.07) is 12.3. The smallest absolute Gasteiger partial charge is 0.242 e. The number of aryl methyl sites for hydroxylation is 1. The molecule has 0 heterocycles. The van der Waals surface area contributed by atoms with E-state index in [-0.39, 0.29) is 24.8 Å². The fourth-order valence-corrected chi connectivity index (χ4v) is 3.28. The Kier molecular flexibility index (Phi) is 7.69. The van der Waals surface area contributed by atoms with Crippen molar-refractivity contribution in [3.8, 4) is 0 Å². The molecule has 6 heteroatoms. The van der Waals surface area contributed by atoms with Crippen LogP contribution in [-0.2, 0) is 22.6 Å². The van der Waals surface area contributed by atoms with Gasteiger partial charge in [-0.2, -0.15) is 0 Å². The van der Waals surface area contributed by atoms with E-state index in [2.05, 4.69) is 5.32 Å². The van der Waals surface area contributed by atoms with Crippen LogP contribution in [0.15, 0.2) is 42.5 Å². The topological polar surface area (TPSA) is 49.4 Å². The zero-order valence-corrected chi connectivity index (χ0v) is 17.3. The largest absolute Gasteiger partial charge is 0.355 e. The number of amides is 2. The molecule has 27 heavy (non-hydrogen) atoms. The maximum Gasteiger partial charge on any atom is 0.242 e. The van der Waals surface area contributed by atoms with Crippen molar-refractivity contribution in [2.45, 2.75) is 39.8 Å². The zero-order chi connectivity index (χ0) is 20.0. The Morgan fingerprint density at radius 1 is 1.11 bits per heavy atom. The molecule has 1 N–H and O–H groups in total. The second-order valence-corrected chi connectivity index (χ2v) is 7.27. The second kappa shape index (κ2) is 9.77. The number of nitrogens with zero attached hydrogens (tertiary/aromatic N) is 1. The van der Waals surface area contributed by atoms with Crippen molar-refractivity contribution < 1.29 is 9.59 Å². The van der Waals surface area contributed by atoms with Crippen LogP contribution in [0.5, 0.6) is 0 Å². The average molecular weight is 407 g/mol. The standard InChI is InChI=1S/C21H24Cl2N2O2/c1-4-24-21(27)15(3)25(13-17-9-10-18(22)12-19(17)23)20(26)11-16-8-6-5-7-14(16)2/h5-10,12,15H,4,11,13H2,1-3H3,(H,24,27)/t15-/m1/s1. The molecule has 144 valence electrons.